The molecular formula is C26H22FN5O4S. The summed E-state index contributed by atoms with van der Waals surface area (Å²) < 4.78 is 46.6. The van der Waals surface area contributed by atoms with Crippen LogP contribution in [0.4, 0.5) is 4.39 Å². The van der Waals surface area contributed by atoms with Gasteiger partial charge in [-0.1, -0.05) is 24.3 Å². The van der Waals surface area contributed by atoms with Crippen molar-refractivity contribution in [1.82, 2.24) is 24.9 Å². The van der Waals surface area contributed by atoms with Crippen molar-refractivity contribution in [3.63, 3.8) is 0 Å². The number of nitrogens with zero attached hydrogens (tertiary/aromatic N) is 4. The van der Waals surface area contributed by atoms with E-state index in [-0.39, 0.29) is 51.9 Å². The second-order valence-electron chi connectivity index (χ2n) is 8.66. The molecule has 37 heavy (non-hydrogen) atoms. The zero-order chi connectivity index (χ0) is 26.2. The van der Waals surface area contributed by atoms with E-state index in [0.29, 0.717) is 16.6 Å². The third-order valence-corrected chi connectivity index (χ3v) is 7.18. The average molecular weight is 520 g/mol. The summed E-state index contributed by atoms with van der Waals surface area (Å²) in [6.45, 7) is 3.49. The summed E-state index contributed by atoms with van der Waals surface area (Å²) in [7, 11) is -3.66. The fraction of sp³-hybridized carbons (Fsp3) is 0.154. The lowest BCUT2D eigenvalue weighted by molar-refractivity contribution is 0.471. The van der Waals surface area contributed by atoms with Crippen LogP contribution in [-0.2, 0) is 16.4 Å². The van der Waals surface area contributed by atoms with Crippen LogP contribution in [0, 0.1) is 5.82 Å². The molecule has 0 aliphatic heterocycles. The summed E-state index contributed by atoms with van der Waals surface area (Å²) >= 11 is 0. The van der Waals surface area contributed by atoms with Crippen LogP contribution in [0.25, 0.3) is 33.7 Å². The molecule has 5 aromatic rings. The van der Waals surface area contributed by atoms with Gasteiger partial charge in [-0.05, 0) is 55.8 Å². The molecule has 0 radical (unpaired) electrons. The largest absolute Gasteiger partial charge is 0.504 e. The third-order valence-electron chi connectivity index (χ3n) is 5.50. The highest BCUT2D eigenvalue weighted by Gasteiger charge is 2.22. The lowest BCUT2D eigenvalue weighted by atomic mass is 10.1. The van der Waals surface area contributed by atoms with Crippen molar-refractivity contribution in [1.29, 1.82) is 0 Å². The van der Waals surface area contributed by atoms with Crippen LogP contribution in [0.1, 0.15) is 25.3 Å². The van der Waals surface area contributed by atoms with E-state index in [1.165, 1.54) is 30.5 Å². The SMILES string of the molecule is CC(C)NS(=O)(=O)c1ccc(-c2nc(-c3nnc(Cc4ccc(F)cc4)o3)c(O)c3ncccc23)cc1. The minimum absolute atomic E-state index is 0.0104. The third kappa shape index (κ3) is 5.04. The standard InChI is InChI=1S/C26H22FN5O4S/c1-15(2)32-37(34,35)19-11-7-17(8-12-19)22-20-4-3-13-28-23(20)25(33)24(29-22)26-31-30-21(36-26)14-16-5-9-18(27)10-6-16/h3-13,15,32-33H,14H2,1-2H3. The Kier molecular flexibility index (Phi) is 6.40. The number of fused-ring (bicyclic) bond motifs is 1. The Morgan fingerprint density at radius 1 is 1.00 bits per heavy atom. The van der Waals surface area contributed by atoms with Crippen molar-refractivity contribution in [2.24, 2.45) is 0 Å². The molecule has 0 fully saturated rings. The van der Waals surface area contributed by atoms with E-state index in [9.17, 15) is 17.9 Å². The number of sulfonamides is 1. The van der Waals surface area contributed by atoms with E-state index in [2.05, 4.69) is 24.9 Å². The molecule has 0 amide bonds. The Morgan fingerprint density at radius 3 is 2.43 bits per heavy atom. The summed E-state index contributed by atoms with van der Waals surface area (Å²) in [6, 6.07) is 15.4. The van der Waals surface area contributed by atoms with Crippen LogP contribution in [0.3, 0.4) is 0 Å². The van der Waals surface area contributed by atoms with Crippen molar-refractivity contribution in [2.75, 3.05) is 0 Å². The fourth-order valence-corrected chi connectivity index (χ4v) is 5.11. The van der Waals surface area contributed by atoms with Gasteiger partial charge < -0.3 is 9.52 Å². The van der Waals surface area contributed by atoms with E-state index >= 15 is 0 Å². The van der Waals surface area contributed by atoms with Gasteiger partial charge in [0.05, 0.1) is 17.0 Å². The Hall–Kier alpha value is -4.22. The molecule has 3 heterocycles. The molecule has 2 aromatic carbocycles. The van der Waals surface area contributed by atoms with Gasteiger partial charge in [0.25, 0.3) is 5.89 Å². The number of benzene rings is 2. The van der Waals surface area contributed by atoms with E-state index < -0.39 is 10.0 Å². The molecule has 9 nitrogen and oxygen atoms in total. The topological polar surface area (TPSA) is 131 Å². The number of aromatic hydroxyl groups is 1. The smallest absolute Gasteiger partial charge is 0.270 e. The van der Waals surface area contributed by atoms with Gasteiger partial charge in [-0.2, -0.15) is 0 Å². The monoisotopic (exact) mass is 519 g/mol. The van der Waals surface area contributed by atoms with Crippen molar-refractivity contribution in [3.8, 4) is 28.6 Å². The number of rotatable bonds is 7. The zero-order valence-electron chi connectivity index (χ0n) is 19.9. The maximum Gasteiger partial charge on any atom is 0.270 e. The first-order valence-electron chi connectivity index (χ1n) is 11.4. The van der Waals surface area contributed by atoms with Gasteiger partial charge in [0, 0.05) is 23.2 Å². The van der Waals surface area contributed by atoms with Crippen LogP contribution in [0.5, 0.6) is 5.75 Å². The summed E-state index contributed by atoms with van der Waals surface area (Å²) in [5.74, 6) is -0.319. The number of halogens is 1. The second kappa shape index (κ2) is 9.68. The molecule has 0 saturated heterocycles. The first-order valence-corrected chi connectivity index (χ1v) is 12.9. The zero-order valence-corrected chi connectivity index (χ0v) is 20.7. The van der Waals surface area contributed by atoms with Gasteiger partial charge in [0.1, 0.15) is 11.3 Å². The molecule has 0 aliphatic rings. The molecular weight excluding hydrogens is 497 g/mol. The molecule has 11 heteroatoms. The van der Waals surface area contributed by atoms with Gasteiger partial charge in [-0.3, -0.25) is 4.98 Å². The van der Waals surface area contributed by atoms with E-state index in [0.717, 1.165) is 5.56 Å². The minimum atomic E-state index is -3.66. The quantitative estimate of drug-likeness (QED) is 0.322. The molecule has 3 aromatic heterocycles. The van der Waals surface area contributed by atoms with Gasteiger partial charge >= 0.3 is 0 Å². The van der Waals surface area contributed by atoms with Gasteiger partial charge in [0.2, 0.25) is 15.9 Å². The highest BCUT2D eigenvalue weighted by atomic mass is 32.2. The number of hydrogen-bond donors (Lipinski definition) is 2. The molecule has 0 bridgehead atoms. The van der Waals surface area contributed by atoms with Crippen LogP contribution in [-0.4, -0.2) is 39.7 Å². The first-order chi connectivity index (χ1) is 17.7. The Balaban J connectivity index is 1.55. The van der Waals surface area contributed by atoms with Crippen molar-refractivity contribution in [3.05, 3.63) is 84.1 Å². The molecule has 2 N–H and O–H groups in total. The minimum Gasteiger partial charge on any atom is -0.504 e. The number of aromatic nitrogens is 4. The van der Waals surface area contributed by atoms with Crippen molar-refractivity contribution in [2.45, 2.75) is 31.2 Å². The van der Waals surface area contributed by atoms with Crippen LogP contribution < -0.4 is 4.72 Å². The average Bonchev–Trinajstić information content (AvgIpc) is 3.33. The van der Waals surface area contributed by atoms with Crippen LogP contribution in [0.15, 0.2) is 76.2 Å². The van der Waals surface area contributed by atoms with Crippen LogP contribution >= 0.6 is 0 Å². The van der Waals surface area contributed by atoms with Gasteiger partial charge in [-0.15, -0.1) is 10.2 Å². The van der Waals surface area contributed by atoms with Crippen molar-refractivity contribution < 1.29 is 22.3 Å². The number of pyridine rings is 2. The second-order valence-corrected chi connectivity index (χ2v) is 10.4. The maximum atomic E-state index is 13.2. The predicted octanol–water partition coefficient (Wildman–Crippen LogP) is 4.47. The molecule has 0 atom stereocenters. The number of hydrogen-bond acceptors (Lipinski definition) is 8. The predicted molar refractivity (Wildman–Crippen MR) is 135 cm³/mol. The van der Waals surface area contributed by atoms with E-state index in [1.807, 2.05) is 0 Å². The molecule has 5 rings (SSSR count). The highest BCUT2D eigenvalue weighted by molar-refractivity contribution is 7.89. The highest BCUT2D eigenvalue weighted by Crippen LogP contribution is 2.38. The summed E-state index contributed by atoms with van der Waals surface area (Å²) in [6.07, 6.45) is 1.81. The molecule has 0 saturated carbocycles. The van der Waals surface area contributed by atoms with E-state index in [4.69, 9.17) is 4.42 Å². The van der Waals surface area contributed by atoms with E-state index in [1.54, 1.807) is 50.2 Å². The lowest BCUT2D eigenvalue weighted by Crippen LogP contribution is -2.30. The Labute approximate surface area is 212 Å². The maximum absolute atomic E-state index is 13.2. The lowest BCUT2D eigenvalue weighted by Gasteiger charge is -2.12. The summed E-state index contributed by atoms with van der Waals surface area (Å²) in [5.41, 5.74) is 2.15. The number of nitrogens with one attached hydrogen (secondary N) is 1. The Bertz CT molecular complexity index is 1690. The first kappa shape index (κ1) is 24.5. The van der Waals surface area contributed by atoms with Gasteiger partial charge in [0.15, 0.2) is 11.4 Å². The molecule has 0 spiro atoms. The van der Waals surface area contributed by atoms with Gasteiger partial charge in [-0.25, -0.2) is 22.5 Å². The van der Waals surface area contributed by atoms with Crippen molar-refractivity contribution >= 4 is 20.9 Å². The summed E-state index contributed by atoms with van der Waals surface area (Å²) in [5, 5.41) is 19.6. The normalized spacial score (nSPS) is 11.9. The Morgan fingerprint density at radius 2 is 1.73 bits per heavy atom. The molecule has 0 unspecified atom stereocenters. The molecule has 0 aliphatic carbocycles. The van der Waals surface area contributed by atoms with Crippen LogP contribution in [0.2, 0.25) is 0 Å². The summed E-state index contributed by atoms with van der Waals surface area (Å²) in [4.78, 5) is 9.04. The molecule has 188 valence electrons. The fourth-order valence-electron chi connectivity index (χ4n) is 3.86.